The molecular formula is C64H116NO8P. The highest BCUT2D eigenvalue weighted by molar-refractivity contribution is 7.45. The van der Waals surface area contributed by atoms with Crippen molar-refractivity contribution in [1.29, 1.82) is 0 Å². The lowest BCUT2D eigenvalue weighted by Crippen LogP contribution is -2.37. The summed E-state index contributed by atoms with van der Waals surface area (Å²) < 4.78 is 34.1. The van der Waals surface area contributed by atoms with E-state index in [2.05, 4.69) is 86.8 Å². The van der Waals surface area contributed by atoms with Crippen LogP contribution in [0.25, 0.3) is 0 Å². The lowest BCUT2D eigenvalue weighted by atomic mass is 10.0. The van der Waals surface area contributed by atoms with Gasteiger partial charge in [-0.1, -0.05) is 247 Å². The normalized spacial score (nSPS) is 13.8. The summed E-state index contributed by atoms with van der Waals surface area (Å²) in [6.45, 7) is 4.10. The maximum absolute atomic E-state index is 12.8. The Labute approximate surface area is 457 Å². The van der Waals surface area contributed by atoms with Gasteiger partial charge in [-0.05, 0) is 83.5 Å². The van der Waals surface area contributed by atoms with Gasteiger partial charge in [-0.25, -0.2) is 0 Å². The van der Waals surface area contributed by atoms with E-state index in [1.807, 2.05) is 21.1 Å². The number of quaternary nitrogens is 1. The van der Waals surface area contributed by atoms with Crippen LogP contribution in [0.3, 0.4) is 0 Å². The number of carbonyl (C=O) groups excluding carboxylic acids is 2. The van der Waals surface area contributed by atoms with Gasteiger partial charge in [0, 0.05) is 12.8 Å². The Morgan fingerprint density at radius 2 is 0.770 bits per heavy atom. The number of rotatable bonds is 56. The predicted octanol–water partition coefficient (Wildman–Crippen LogP) is 18.6. The molecule has 430 valence electrons. The zero-order valence-corrected chi connectivity index (χ0v) is 49.7. The molecule has 0 heterocycles. The first kappa shape index (κ1) is 71.5. The first-order valence-electron chi connectivity index (χ1n) is 30.6. The summed E-state index contributed by atoms with van der Waals surface area (Å²) in [5.74, 6) is -0.842. The predicted molar refractivity (Wildman–Crippen MR) is 314 cm³/mol. The highest BCUT2D eigenvalue weighted by Crippen LogP contribution is 2.38. The van der Waals surface area contributed by atoms with Crippen LogP contribution in [0.5, 0.6) is 0 Å². The van der Waals surface area contributed by atoms with Crippen molar-refractivity contribution in [3.05, 3.63) is 72.9 Å². The number of hydrogen-bond acceptors (Lipinski definition) is 8. The Hall–Kier alpha value is -2.55. The maximum Gasteiger partial charge on any atom is 0.306 e. The number of likely N-dealkylation sites (N-methyl/N-ethyl adjacent to an activating group) is 1. The quantitative estimate of drug-likeness (QED) is 0.0195. The smallest absolute Gasteiger partial charge is 0.306 e. The fraction of sp³-hybridized carbons (Fsp3) is 0.781. The molecule has 0 aliphatic heterocycles. The van der Waals surface area contributed by atoms with E-state index in [0.717, 1.165) is 83.5 Å². The minimum absolute atomic E-state index is 0.0336. The Morgan fingerprint density at radius 1 is 0.432 bits per heavy atom. The molecule has 74 heavy (non-hydrogen) atoms. The number of carbonyl (C=O) groups is 2. The standard InChI is InChI=1S/C64H116NO8P/c1-6-8-10-12-14-16-18-20-22-23-24-25-26-27-28-29-30-31-32-33-34-35-36-37-38-39-40-41-43-45-47-49-51-53-55-57-64(67)73-62(61-72-74(68,69)71-59-58-65(3,4)5)60-70-63(66)56-54-52-50-48-46-44-42-21-19-17-15-13-11-9-7-2/h8,10,14-17,20-22,24-25,42,62H,6-7,9,11-13,18-19,23,26-41,43-61H2,1-5H3/b10-8-,16-14-,17-15-,22-20-,25-24-,42-21-. The first-order chi connectivity index (χ1) is 36.0. The van der Waals surface area contributed by atoms with Crippen LogP contribution in [0.2, 0.25) is 0 Å². The third-order valence-corrected chi connectivity index (χ3v) is 14.2. The second-order valence-electron chi connectivity index (χ2n) is 21.7. The lowest BCUT2D eigenvalue weighted by molar-refractivity contribution is -0.870. The van der Waals surface area contributed by atoms with Gasteiger partial charge in [0.05, 0.1) is 27.7 Å². The number of unbranched alkanes of at least 4 members (excludes halogenated alkanes) is 30. The fourth-order valence-corrected chi connectivity index (χ4v) is 9.23. The van der Waals surface area contributed by atoms with Gasteiger partial charge in [-0.2, -0.15) is 0 Å². The van der Waals surface area contributed by atoms with Gasteiger partial charge in [-0.15, -0.1) is 0 Å². The number of allylic oxidation sites excluding steroid dienone is 12. The monoisotopic (exact) mass is 1060 g/mol. The molecule has 0 saturated carbocycles. The zero-order valence-electron chi connectivity index (χ0n) is 48.8. The summed E-state index contributed by atoms with van der Waals surface area (Å²) in [5, 5.41) is 0. The molecule has 0 fully saturated rings. The van der Waals surface area contributed by atoms with Crippen molar-refractivity contribution in [2.75, 3.05) is 47.5 Å². The molecular weight excluding hydrogens is 942 g/mol. The minimum Gasteiger partial charge on any atom is -0.756 e. The number of phosphoric ester groups is 1. The molecule has 0 aliphatic rings. The third kappa shape index (κ3) is 58.7. The van der Waals surface area contributed by atoms with Crippen LogP contribution in [0.4, 0.5) is 0 Å². The number of esters is 2. The van der Waals surface area contributed by atoms with Crippen molar-refractivity contribution in [3.8, 4) is 0 Å². The Morgan fingerprint density at radius 3 is 1.15 bits per heavy atom. The molecule has 0 aliphatic carbocycles. The van der Waals surface area contributed by atoms with E-state index in [1.54, 1.807) is 0 Å². The molecule has 0 rings (SSSR count). The van der Waals surface area contributed by atoms with Crippen LogP contribution >= 0.6 is 7.82 Å². The number of nitrogens with zero attached hydrogens (tertiary/aromatic N) is 1. The number of phosphoric acid groups is 1. The number of hydrogen-bond donors (Lipinski definition) is 0. The molecule has 0 saturated heterocycles. The maximum atomic E-state index is 12.8. The van der Waals surface area contributed by atoms with Crippen molar-refractivity contribution >= 4 is 19.8 Å². The van der Waals surface area contributed by atoms with E-state index >= 15 is 0 Å². The van der Waals surface area contributed by atoms with E-state index in [-0.39, 0.29) is 26.1 Å². The summed E-state index contributed by atoms with van der Waals surface area (Å²) in [4.78, 5) is 37.8. The minimum atomic E-state index is -4.64. The average Bonchev–Trinajstić information content (AvgIpc) is 3.36. The second kappa shape index (κ2) is 55.2. The molecule has 0 radical (unpaired) electrons. The summed E-state index contributed by atoms with van der Waals surface area (Å²) in [6.07, 6.45) is 72.6. The molecule has 0 aromatic carbocycles. The highest BCUT2D eigenvalue weighted by atomic mass is 31.2. The largest absolute Gasteiger partial charge is 0.756 e. The van der Waals surface area contributed by atoms with Crippen LogP contribution < -0.4 is 4.89 Å². The summed E-state index contributed by atoms with van der Waals surface area (Å²) in [6, 6.07) is 0. The van der Waals surface area contributed by atoms with E-state index in [9.17, 15) is 19.0 Å². The van der Waals surface area contributed by atoms with Crippen molar-refractivity contribution < 1.29 is 42.1 Å². The lowest BCUT2D eigenvalue weighted by Gasteiger charge is -2.28. The van der Waals surface area contributed by atoms with Crippen LogP contribution in [0.15, 0.2) is 72.9 Å². The van der Waals surface area contributed by atoms with Gasteiger partial charge >= 0.3 is 11.9 Å². The second-order valence-corrected chi connectivity index (χ2v) is 23.1. The van der Waals surface area contributed by atoms with E-state index in [4.69, 9.17) is 18.5 Å². The van der Waals surface area contributed by atoms with E-state index in [0.29, 0.717) is 23.9 Å². The SMILES string of the molecule is CC/C=C\C/C=C\C/C=C\C/C=C\CCCCCCCCCCCCCCCCCCCCCCCCC(=O)OC(COC(=O)CCCCCCC/C=C\C/C=C\CCCCC)COP(=O)([O-])OCC[N+](C)(C)C. The van der Waals surface area contributed by atoms with Gasteiger partial charge in [0.1, 0.15) is 19.8 Å². The van der Waals surface area contributed by atoms with Gasteiger partial charge < -0.3 is 27.9 Å². The topological polar surface area (TPSA) is 111 Å². The highest BCUT2D eigenvalue weighted by Gasteiger charge is 2.22. The van der Waals surface area contributed by atoms with E-state index < -0.39 is 32.5 Å². The summed E-state index contributed by atoms with van der Waals surface area (Å²) in [7, 11) is 1.16. The van der Waals surface area contributed by atoms with Crippen LogP contribution in [0, 0.1) is 0 Å². The van der Waals surface area contributed by atoms with Gasteiger partial charge in [-0.3, -0.25) is 14.2 Å². The Bertz CT molecular complexity index is 1480. The molecule has 2 atom stereocenters. The molecule has 9 nitrogen and oxygen atoms in total. The van der Waals surface area contributed by atoms with Crippen molar-refractivity contribution in [2.45, 2.75) is 277 Å². The van der Waals surface area contributed by atoms with Crippen molar-refractivity contribution in [3.63, 3.8) is 0 Å². The molecule has 0 bridgehead atoms. The van der Waals surface area contributed by atoms with E-state index in [1.165, 1.54) is 148 Å². The van der Waals surface area contributed by atoms with Gasteiger partial charge in [0.2, 0.25) is 0 Å². The molecule has 2 unspecified atom stereocenters. The summed E-state index contributed by atoms with van der Waals surface area (Å²) >= 11 is 0. The molecule has 0 spiro atoms. The van der Waals surface area contributed by atoms with Crippen LogP contribution in [-0.2, 0) is 32.7 Å². The molecule has 10 heteroatoms. The van der Waals surface area contributed by atoms with Crippen LogP contribution in [-0.4, -0.2) is 70.0 Å². The van der Waals surface area contributed by atoms with Gasteiger partial charge in [0.15, 0.2) is 6.10 Å². The summed E-state index contributed by atoms with van der Waals surface area (Å²) in [5.41, 5.74) is 0. The Kier molecular flexibility index (Phi) is 53.3. The zero-order chi connectivity index (χ0) is 54.2. The number of ether oxygens (including phenoxy) is 2. The first-order valence-corrected chi connectivity index (χ1v) is 32.1. The Balaban J connectivity index is 3.99. The van der Waals surface area contributed by atoms with Crippen molar-refractivity contribution in [1.82, 2.24) is 0 Å². The average molecular weight is 1060 g/mol. The van der Waals surface area contributed by atoms with Crippen LogP contribution in [0.1, 0.15) is 271 Å². The third-order valence-electron chi connectivity index (χ3n) is 13.2. The fourth-order valence-electron chi connectivity index (χ4n) is 8.50. The van der Waals surface area contributed by atoms with Gasteiger partial charge in [0.25, 0.3) is 7.82 Å². The molecule has 0 aromatic rings. The molecule has 0 aromatic heterocycles. The molecule has 0 amide bonds. The molecule has 0 N–H and O–H groups in total. The van der Waals surface area contributed by atoms with Crippen molar-refractivity contribution in [2.24, 2.45) is 0 Å².